The molecule has 0 aromatic heterocycles. The summed E-state index contributed by atoms with van der Waals surface area (Å²) < 4.78 is 7.07. The lowest BCUT2D eigenvalue weighted by Gasteiger charge is -2.43. The van der Waals surface area contributed by atoms with Crippen LogP contribution in [0.4, 0.5) is 0 Å². The van der Waals surface area contributed by atoms with Gasteiger partial charge in [0.05, 0.1) is 0 Å². The summed E-state index contributed by atoms with van der Waals surface area (Å²) in [5.41, 5.74) is 1.18. The van der Waals surface area contributed by atoms with E-state index in [9.17, 15) is 5.11 Å². The fraction of sp³-hybridized carbons (Fsp3) is 0.333. The first-order chi connectivity index (χ1) is 15.9. The maximum Gasteiger partial charge on any atom is 0.261 e. The van der Waals surface area contributed by atoms with Crippen LogP contribution in [0.5, 0.6) is 0 Å². The minimum atomic E-state index is -2.53. The van der Waals surface area contributed by atoms with Crippen LogP contribution in [0.1, 0.15) is 39.7 Å². The van der Waals surface area contributed by atoms with Crippen molar-refractivity contribution in [3.8, 4) is 0 Å². The van der Waals surface area contributed by atoms with E-state index in [0.717, 1.165) is 6.42 Å². The van der Waals surface area contributed by atoms with E-state index in [-0.39, 0.29) is 23.5 Å². The number of hydrogen-bond acceptors (Lipinski definition) is 2. The van der Waals surface area contributed by atoms with Gasteiger partial charge in [0.2, 0.25) is 0 Å². The van der Waals surface area contributed by atoms with Crippen LogP contribution in [0, 0.1) is 11.8 Å². The zero-order valence-electron chi connectivity index (χ0n) is 20.4. The topological polar surface area (TPSA) is 29.5 Å². The molecular formula is C30H38O2Si. The van der Waals surface area contributed by atoms with Crippen molar-refractivity contribution in [2.24, 2.45) is 11.8 Å². The molecule has 0 saturated carbocycles. The highest BCUT2D eigenvalue weighted by atomic mass is 28.4. The fourth-order valence-corrected chi connectivity index (χ4v) is 9.19. The molecule has 0 amide bonds. The largest absolute Gasteiger partial charge is 0.407 e. The molecular weight excluding hydrogens is 420 g/mol. The number of aliphatic hydroxyl groups excluding tert-OH is 1. The van der Waals surface area contributed by atoms with Crippen LogP contribution in [0.25, 0.3) is 6.08 Å². The van der Waals surface area contributed by atoms with Crippen molar-refractivity contribution in [3.63, 3.8) is 0 Å². The molecule has 174 valence electrons. The average molecular weight is 459 g/mol. The van der Waals surface area contributed by atoms with Gasteiger partial charge >= 0.3 is 0 Å². The van der Waals surface area contributed by atoms with Gasteiger partial charge in [0.25, 0.3) is 8.32 Å². The Kier molecular flexibility index (Phi) is 8.85. The normalized spacial score (nSPS) is 14.3. The van der Waals surface area contributed by atoms with Crippen LogP contribution in [-0.4, -0.2) is 26.6 Å². The molecule has 0 spiro atoms. The van der Waals surface area contributed by atoms with Crippen LogP contribution in [-0.2, 0) is 4.43 Å². The third-order valence-corrected chi connectivity index (χ3v) is 11.6. The van der Waals surface area contributed by atoms with Gasteiger partial charge in [-0.15, -0.1) is 0 Å². The molecule has 0 aliphatic heterocycles. The van der Waals surface area contributed by atoms with E-state index in [0.29, 0.717) is 6.61 Å². The zero-order valence-corrected chi connectivity index (χ0v) is 21.4. The summed E-state index contributed by atoms with van der Waals surface area (Å²) >= 11 is 0. The van der Waals surface area contributed by atoms with Gasteiger partial charge in [-0.25, -0.2) is 0 Å². The number of hydrogen-bond donors (Lipinski definition) is 1. The Hall–Kier alpha value is -2.46. The van der Waals surface area contributed by atoms with Gasteiger partial charge in [-0.1, -0.05) is 131 Å². The summed E-state index contributed by atoms with van der Waals surface area (Å²) in [6, 6.07) is 31.9. The molecule has 0 unspecified atom stereocenters. The lowest BCUT2D eigenvalue weighted by atomic mass is 9.91. The first-order valence-electron chi connectivity index (χ1n) is 12.0. The Bertz CT molecular complexity index is 939. The summed E-state index contributed by atoms with van der Waals surface area (Å²) in [4.78, 5) is 0. The van der Waals surface area contributed by atoms with Gasteiger partial charge in [-0.2, -0.15) is 0 Å². The molecule has 0 radical (unpaired) electrons. The van der Waals surface area contributed by atoms with E-state index in [4.69, 9.17) is 4.43 Å². The molecule has 3 heteroatoms. The number of benzene rings is 3. The first kappa shape index (κ1) is 25.2. The van der Waals surface area contributed by atoms with Gasteiger partial charge in [-0.05, 0) is 39.2 Å². The smallest absolute Gasteiger partial charge is 0.261 e. The molecule has 3 rings (SSSR count). The van der Waals surface area contributed by atoms with E-state index < -0.39 is 8.32 Å². The van der Waals surface area contributed by atoms with Gasteiger partial charge in [0.15, 0.2) is 0 Å². The Morgan fingerprint density at radius 2 is 1.30 bits per heavy atom. The van der Waals surface area contributed by atoms with E-state index in [1.165, 1.54) is 15.9 Å². The van der Waals surface area contributed by atoms with Gasteiger partial charge in [0, 0.05) is 13.2 Å². The van der Waals surface area contributed by atoms with Gasteiger partial charge in [0.1, 0.15) is 0 Å². The molecule has 3 aromatic carbocycles. The predicted molar refractivity (Wildman–Crippen MR) is 143 cm³/mol. The number of aliphatic hydroxyl groups is 1. The van der Waals surface area contributed by atoms with E-state index in [1.54, 1.807) is 0 Å². The molecule has 0 aliphatic rings. The van der Waals surface area contributed by atoms with Crippen LogP contribution in [0.15, 0.2) is 97.1 Å². The van der Waals surface area contributed by atoms with E-state index >= 15 is 0 Å². The maximum atomic E-state index is 9.88. The molecule has 3 aromatic rings. The highest BCUT2D eigenvalue weighted by Gasteiger charge is 2.50. The predicted octanol–water partition coefficient (Wildman–Crippen LogP) is 5.91. The lowest BCUT2D eigenvalue weighted by molar-refractivity contribution is 0.184. The second-order valence-electron chi connectivity index (χ2n) is 9.89. The second kappa shape index (κ2) is 11.6. The zero-order chi connectivity index (χ0) is 23.7. The van der Waals surface area contributed by atoms with Crippen molar-refractivity contribution >= 4 is 24.8 Å². The Morgan fingerprint density at radius 1 is 0.818 bits per heavy atom. The quantitative estimate of drug-likeness (QED) is 0.383. The minimum absolute atomic E-state index is 0.0341. The van der Waals surface area contributed by atoms with Crippen molar-refractivity contribution in [2.75, 3.05) is 13.2 Å². The monoisotopic (exact) mass is 458 g/mol. The molecule has 33 heavy (non-hydrogen) atoms. The summed E-state index contributed by atoms with van der Waals surface area (Å²) in [6.07, 6.45) is 5.28. The first-order valence-corrected chi connectivity index (χ1v) is 13.9. The van der Waals surface area contributed by atoms with Crippen LogP contribution < -0.4 is 10.4 Å². The summed E-state index contributed by atoms with van der Waals surface area (Å²) in [5.74, 6) is 0.418. The van der Waals surface area contributed by atoms with E-state index in [2.05, 4.69) is 125 Å². The maximum absolute atomic E-state index is 9.88. The molecule has 0 saturated heterocycles. The van der Waals surface area contributed by atoms with Crippen LogP contribution in [0.3, 0.4) is 0 Å². The summed E-state index contributed by atoms with van der Waals surface area (Å²) in [6.45, 7) is 9.86. The van der Waals surface area contributed by atoms with Crippen LogP contribution in [0.2, 0.25) is 5.04 Å². The summed E-state index contributed by atoms with van der Waals surface area (Å²) in [5, 5.41) is 12.4. The average Bonchev–Trinajstić information content (AvgIpc) is 2.84. The molecule has 0 bridgehead atoms. The Morgan fingerprint density at radius 3 is 1.76 bits per heavy atom. The fourth-order valence-electron chi connectivity index (χ4n) is 4.61. The van der Waals surface area contributed by atoms with Crippen molar-refractivity contribution in [3.05, 3.63) is 103 Å². The van der Waals surface area contributed by atoms with Crippen molar-refractivity contribution in [2.45, 2.75) is 39.2 Å². The number of rotatable bonds is 10. The van der Waals surface area contributed by atoms with Gasteiger partial charge in [-0.3, -0.25) is 0 Å². The van der Waals surface area contributed by atoms with Crippen molar-refractivity contribution in [1.29, 1.82) is 0 Å². The van der Waals surface area contributed by atoms with Crippen molar-refractivity contribution < 1.29 is 9.53 Å². The number of allylic oxidation sites excluding steroid dienone is 1. The SMILES string of the molecule is C[C@@H](CO)[C@@H](/C=C/c1ccccc1)CCO[Si](c1ccccc1)(c1ccccc1)C(C)(C)C. The molecule has 1 N–H and O–H groups in total. The second-order valence-corrected chi connectivity index (χ2v) is 14.2. The van der Waals surface area contributed by atoms with E-state index in [1.807, 2.05) is 6.07 Å². The molecule has 0 aliphatic carbocycles. The Balaban J connectivity index is 1.89. The Labute approximate surface area is 201 Å². The molecule has 0 heterocycles. The highest BCUT2D eigenvalue weighted by molar-refractivity contribution is 6.99. The molecule has 2 atom stereocenters. The van der Waals surface area contributed by atoms with Crippen molar-refractivity contribution in [1.82, 2.24) is 0 Å². The minimum Gasteiger partial charge on any atom is -0.407 e. The standard InChI is InChI=1S/C30H38O2Si/c1-25(24-31)27(21-20-26-14-8-5-9-15-26)22-23-32-33(30(2,3)4,28-16-10-6-11-17-28)29-18-12-7-13-19-29/h5-21,25,27,31H,22-24H2,1-4H3/b21-20+/t25-,27-/m0/s1. The van der Waals surface area contributed by atoms with Gasteiger partial charge < -0.3 is 9.53 Å². The van der Waals surface area contributed by atoms with Crippen LogP contribution >= 0.6 is 0 Å². The highest BCUT2D eigenvalue weighted by Crippen LogP contribution is 2.37. The summed E-state index contributed by atoms with van der Waals surface area (Å²) in [7, 11) is -2.53. The lowest BCUT2D eigenvalue weighted by Crippen LogP contribution is -2.66. The third-order valence-electron chi connectivity index (χ3n) is 6.54. The molecule has 0 fully saturated rings. The molecule has 2 nitrogen and oxygen atoms in total. The third kappa shape index (κ3) is 6.11.